The van der Waals surface area contributed by atoms with Crippen LogP contribution in [0.2, 0.25) is 0 Å². The predicted molar refractivity (Wildman–Crippen MR) is 106 cm³/mol. The second-order valence-corrected chi connectivity index (χ2v) is 6.85. The Morgan fingerprint density at radius 1 is 1.14 bits per heavy atom. The monoisotopic (exact) mass is 392 g/mol. The van der Waals surface area contributed by atoms with Gasteiger partial charge in [0, 0.05) is 17.1 Å². The predicted octanol–water partition coefficient (Wildman–Crippen LogP) is 3.19. The van der Waals surface area contributed by atoms with Gasteiger partial charge in [-0.3, -0.25) is 10.1 Å². The first-order valence-electron chi connectivity index (χ1n) is 8.56. The summed E-state index contributed by atoms with van der Waals surface area (Å²) in [5.41, 5.74) is 2.75. The summed E-state index contributed by atoms with van der Waals surface area (Å²) in [5, 5.41) is 7.81. The van der Waals surface area contributed by atoms with Gasteiger partial charge in [-0.15, -0.1) is 11.3 Å². The zero-order valence-electron chi connectivity index (χ0n) is 14.7. The van der Waals surface area contributed by atoms with E-state index in [2.05, 4.69) is 20.6 Å². The molecule has 0 spiro atoms. The summed E-state index contributed by atoms with van der Waals surface area (Å²) in [5.74, 6) is -0.448. The van der Waals surface area contributed by atoms with E-state index in [1.165, 1.54) is 11.3 Å². The van der Waals surface area contributed by atoms with E-state index in [-0.39, 0.29) is 6.61 Å². The molecule has 2 heterocycles. The van der Waals surface area contributed by atoms with Gasteiger partial charge in [0.15, 0.2) is 0 Å². The third kappa shape index (κ3) is 3.91. The second-order valence-electron chi connectivity index (χ2n) is 5.96. The van der Waals surface area contributed by atoms with Gasteiger partial charge in [-0.05, 0) is 11.6 Å². The standard InChI is InChI=1S/C20H16N4O3S/c25-18-17(24-20(26)27-12-13-6-2-1-3-7-13)23-16(19-21-10-11-28-19)14-8-4-5-9-15(14)22-18/h1-11,17H,12H2,(H,22,25)(H,24,26)/t17-/m0/s1. The minimum Gasteiger partial charge on any atom is -0.445 e. The smallest absolute Gasteiger partial charge is 0.409 e. The maximum atomic E-state index is 12.6. The number of aromatic nitrogens is 1. The van der Waals surface area contributed by atoms with Crippen molar-refractivity contribution in [2.45, 2.75) is 12.8 Å². The number of nitrogens with zero attached hydrogens (tertiary/aromatic N) is 2. The summed E-state index contributed by atoms with van der Waals surface area (Å²) in [6.45, 7) is 0.101. The fraction of sp³-hybridized carbons (Fsp3) is 0.100. The molecule has 2 N–H and O–H groups in total. The molecule has 2 aromatic carbocycles. The number of benzodiazepines with no additional fused rings is 1. The minimum atomic E-state index is -1.13. The van der Waals surface area contributed by atoms with Gasteiger partial charge in [-0.2, -0.15) is 0 Å². The third-order valence-electron chi connectivity index (χ3n) is 4.05. The Morgan fingerprint density at radius 2 is 1.93 bits per heavy atom. The summed E-state index contributed by atoms with van der Waals surface area (Å²) in [6, 6.07) is 16.6. The van der Waals surface area contributed by atoms with E-state index in [4.69, 9.17) is 4.74 Å². The maximum Gasteiger partial charge on any atom is 0.409 e. The van der Waals surface area contributed by atoms with Crippen LogP contribution in [0.4, 0.5) is 10.5 Å². The lowest BCUT2D eigenvalue weighted by Gasteiger charge is -2.13. The highest BCUT2D eigenvalue weighted by atomic mass is 32.1. The second kappa shape index (κ2) is 8.01. The molecule has 8 heteroatoms. The maximum absolute atomic E-state index is 12.6. The number of nitrogens with one attached hydrogen (secondary N) is 2. The first-order valence-corrected chi connectivity index (χ1v) is 9.44. The molecule has 1 aliphatic heterocycles. The molecule has 0 aliphatic carbocycles. The molecule has 1 aliphatic rings. The normalized spacial score (nSPS) is 15.6. The van der Waals surface area contributed by atoms with Crippen molar-refractivity contribution < 1.29 is 14.3 Å². The number of anilines is 1. The molecule has 0 saturated carbocycles. The molecule has 0 bridgehead atoms. The lowest BCUT2D eigenvalue weighted by atomic mass is 10.1. The number of carbonyl (C=O) groups is 2. The van der Waals surface area contributed by atoms with Gasteiger partial charge in [0.25, 0.3) is 5.91 Å². The average molecular weight is 392 g/mol. The molecular formula is C20H16N4O3S. The summed E-state index contributed by atoms with van der Waals surface area (Å²) >= 11 is 1.41. The molecule has 2 amide bonds. The highest BCUT2D eigenvalue weighted by Gasteiger charge is 2.28. The lowest BCUT2D eigenvalue weighted by molar-refractivity contribution is -0.117. The Kier molecular flexibility index (Phi) is 5.11. The molecule has 0 unspecified atom stereocenters. The van der Waals surface area contributed by atoms with Crippen molar-refractivity contribution in [3.63, 3.8) is 0 Å². The van der Waals surface area contributed by atoms with Gasteiger partial charge in [0.05, 0.1) is 5.69 Å². The van der Waals surface area contributed by atoms with Crippen LogP contribution in [0.3, 0.4) is 0 Å². The quantitative estimate of drug-likeness (QED) is 0.713. The topological polar surface area (TPSA) is 92.7 Å². The zero-order valence-corrected chi connectivity index (χ0v) is 15.5. The van der Waals surface area contributed by atoms with Crippen molar-refractivity contribution in [1.82, 2.24) is 10.3 Å². The SMILES string of the molecule is O=C(N[C@@H]1N=C(c2nccs2)c2ccccc2NC1=O)OCc1ccccc1. The van der Waals surface area contributed by atoms with Gasteiger partial charge >= 0.3 is 6.09 Å². The third-order valence-corrected chi connectivity index (χ3v) is 4.83. The van der Waals surface area contributed by atoms with Crippen molar-refractivity contribution in [2.75, 3.05) is 5.32 Å². The minimum absolute atomic E-state index is 0.101. The van der Waals surface area contributed by atoms with Crippen LogP contribution in [-0.2, 0) is 16.1 Å². The summed E-state index contributed by atoms with van der Waals surface area (Å²) in [6.07, 6.45) is -0.186. The van der Waals surface area contributed by atoms with Gasteiger partial charge in [-0.25, -0.2) is 14.8 Å². The molecule has 0 saturated heterocycles. The molecule has 140 valence electrons. The number of benzene rings is 2. The summed E-state index contributed by atoms with van der Waals surface area (Å²) in [7, 11) is 0. The van der Waals surface area contributed by atoms with Crippen LogP contribution in [0.5, 0.6) is 0 Å². The molecule has 0 radical (unpaired) electrons. The number of carbonyl (C=O) groups excluding carboxylic acids is 2. The number of hydrogen-bond donors (Lipinski definition) is 2. The Bertz CT molecular complexity index is 1020. The zero-order chi connectivity index (χ0) is 19.3. The van der Waals surface area contributed by atoms with Crippen LogP contribution in [0.15, 0.2) is 71.2 Å². The van der Waals surface area contributed by atoms with Gasteiger partial charge in [0.1, 0.15) is 17.3 Å². The molecule has 4 rings (SSSR count). The molecule has 28 heavy (non-hydrogen) atoms. The number of thiazole rings is 1. The van der Waals surface area contributed by atoms with Crippen LogP contribution in [0.1, 0.15) is 16.1 Å². The number of alkyl carbamates (subject to hydrolysis) is 1. The van der Waals surface area contributed by atoms with E-state index in [0.717, 1.165) is 11.1 Å². The van der Waals surface area contributed by atoms with E-state index in [1.807, 2.05) is 53.9 Å². The highest BCUT2D eigenvalue weighted by Crippen LogP contribution is 2.24. The van der Waals surface area contributed by atoms with Crippen molar-refractivity contribution in [3.05, 3.63) is 82.3 Å². The van der Waals surface area contributed by atoms with E-state index in [1.54, 1.807) is 12.3 Å². The van der Waals surface area contributed by atoms with Crippen molar-refractivity contribution in [1.29, 1.82) is 0 Å². The fourth-order valence-corrected chi connectivity index (χ4v) is 3.39. The molecule has 1 atom stereocenters. The first-order chi connectivity index (χ1) is 13.7. The van der Waals surface area contributed by atoms with E-state index in [9.17, 15) is 9.59 Å². The van der Waals surface area contributed by atoms with Crippen LogP contribution >= 0.6 is 11.3 Å². The molecular weight excluding hydrogens is 376 g/mol. The number of rotatable bonds is 4. The summed E-state index contributed by atoms with van der Waals surface area (Å²) < 4.78 is 5.21. The number of fused-ring (bicyclic) bond motifs is 1. The highest BCUT2D eigenvalue weighted by molar-refractivity contribution is 7.11. The van der Waals surface area contributed by atoms with Gasteiger partial charge in [0.2, 0.25) is 6.17 Å². The van der Waals surface area contributed by atoms with Crippen molar-refractivity contribution in [3.8, 4) is 0 Å². The van der Waals surface area contributed by atoms with Crippen LogP contribution < -0.4 is 10.6 Å². The Labute approximate surface area is 165 Å². The number of para-hydroxylation sites is 1. The molecule has 0 fully saturated rings. The lowest BCUT2D eigenvalue weighted by Crippen LogP contribution is -2.42. The van der Waals surface area contributed by atoms with Crippen molar-refractivity contribution >= 4 is 34.7 Å². The fourth-order valence-electron chi connectivity index (χ4n) is 2.74. The largest absolute Gasteiger partial charge is 0.445 e. The molecule has 1 aromatic heterocycles. The van der Waals surface area contributed by atoms with Crippen LogP contribution in [0, 0.1) is 0 Å². The van der Waals surface area contributed by atoms with Crippen LogP contribution in [0.25, 0.3) is 0 Å². The number of amides is 2. The van der Waals surface area contributed by atoms with Gasteiger partial charge in [-0.1, -0.05) is 48.5 Å². The first kappa shape index (κ1) is 17.9. The van der Waals surface area contributed by atoms with Crippen molar-refractivity contribution in [2.24, 2.45) is 4.99 Å². The Hall–Kier alpha value is -3.52. The number of ether oxygens (including phenoxy) is 1. The Morgan fingerprint density at radius 3 is 2.71 bits per heavy atom. The number of aliphatic imine (C=N–C) groups is 1. The molecule has 3 aromatic rings. The summed E-state index contributed by atoms with van der Waals surface area (Å²) in [4.78, 5) is 33.6. The molecule has 7 nitrogen and oxygen atoms in total. The van der Waals surface area contributed by atoms with E-state index < -0.39 is 18.2 Å². The van der Waals surface area contributed by atoms with E-state index in [0.29, 0.717) is 16.4 Å². The van der Waals surface area contributed by atoms with Crippen LogP contribution in [-0.4, -0.2) is 28.9 Å². The average Bonchev–Trinajstić information content (AvgIpc) is 3.21. The van der Waals surface area contributed by atoms with Gasteiger partial charge < -0.3 is 10.1 Å². The van der Waals surface area contributed by atoms with E-state index >= 15 is 0 Å². The Balaban J connectivity index is 1.56. The number of hydrogen-bond acceptors (Lipinski definition) is 6.